The number of hydrogen-bond acceptors (Lipinski definition) is 4. The predicted molar refractivity (Wildman–Crippen MR) is 51.6 cm³/mol. The van der Waals surface area contributed by atoms with Crippen LogP contribution in [0.5, 0.6) is 11.5 Å². The van der Waals surface area contributed by atoms with E-state index in [1.54, 1.807) is 13.0 Å². The number of nitroso groups, excluding NO2 is 1. The van der Waals surface area contributed by atoms with Crippen LogP contribution in [-0.2, 0) is 0 Å². The summed E-state index contributed by atoms with van der Waals surface area (Å²) in [4.78, 5) is 10.4. The van der Waals surface area contributed by atoms with Gasteiger partial charge in [0.2, 0.25) is 0 Å². The predicted octanol–water partition coefficient (Wildman–Crippen LogP) is 2.29. The first kappa shape index (κ1) is 8.99. The Morgan fingerprint density at radius 1 is 1.29 bits per heavy atom. The van der Waals surface area contributed by atoms with Crippen LogP contribution in [0.3, 0.4) is 0 Å². The minimum absolute atomic E-state index is 0.342. The quantitative estimate of drug-likeness (QED) is 0.677. The van der Waals surface area contributed by atoms with Gasteiger partial charge < -0.3 is 9.47 Å². The number of hydrogen-bond donors (Lipinski definition) is 0. The van der Waals surface area contributed by atoms with Crippen molar-refractivity contribution in [3.8, 4) is 11.5 Å². The van der Waals surface area contributed by atoms with Gasteiger partial charge in [-0.25, -0.2) is 0 Å². The number of benzene rings is 1. The lowest BCUT2D eigenvalue weighted by Crippen LogP contribution is -2.15. The van der Waals surface area contributed by atoms with Gasteiger partial charge in [0.15, 0.2) is 11.5 Å². The molecule has 1 aromatic carbocycles. The molecule has 0 saturated heterocycles. The molecule has 74 valence electrons. The molecule has 14 heavy (non-hydrogen) atoms. The molecule has 1 heterocycles. The second kappa shape index (κ2) is 3.65. The fourth-order valence-corrected chi connectivity index (χ4v) is 1.38. The van der Waals surface area contributed by atoms with Crippen LogP contribution in [0.1, 0.15) is 18.5 Å². The van der Waals surface area contributed by atoms with Gasteiger partial charge in [-0.2, -0.15) is 4.91 Å². The Morgan fingerprint density at radius 2 is 2.00 bits per heavy atom. The zero-order valence-corrected chi connectivity index (χ0v) is 7.90. The number of rotatable bonds is 2. The summed E-state index contributed by atoms with van der Waals surface area (Å²) in [5.74, 6) is 1.43. The molecule has 4 heteroatoms. The highest BCUT2D eigenvalue weighted by atomic mass is 16.6. The fraction of sp³-hybridized carbons (Fsp3) is 0.400. The molecule has 0 aliphatic carbocycles. The second-order valence-corrected chi connectivity index (χ2v) is 3.18. The molecule has 0 saturated carbocycles. The zero-order valence-electron chi connectivity index (χ0n) is 7.90. The van der Waals surface area contributed by atoms with Crippen molar-refractivity contribution in [1.29, 1.82) is 0 Å². The largest absolute Gasteiger partial charge is 0.486 e. The van der Waals surface area contributed by atoms with Crippen molar-refractivity contribution in [3.05, 3.63) is 28.7 Å². The molecule has 1 aromatic rings. The van der Waals surface area contributed by atoms with Gasteiger partial charge in [-0.15, -0.1) is 0 Å². The molecule has 0 N–H and O–H groups in total. The minimum Gasteiger partial charge on any atom is -0.486 e. The molecular weight excluding hydrogens is 182 g/mol. The zero-order chi connectivity index (χ0) is 9.97. The summed E-state index contributed by atoms with van der Waals surface area (Å²) in [6.45, 7) is 2.88. The Morgan fingerprint density at radius 3 is 2.71 bits per heavy atom. The Hall–Kier alpha value is -1.58. The van der Waals surface area contributed by atoms with Crippen molar-refractivity contribution < 1.29 is 9.47 Å². The van der Waals surface area contributed by atoms with Gasteiger partial charge in [0, 0.05) is 0 Å². The van der Waals surface area contributed by atoms with Crippen LogP contribution in [-0.4, -0.2) is 13.2 Å². The molecule has 1 aliphatic rings. The third kappa shape index (κ3) is 1.55. The summed E-state index contributed by atoms with van der Waals surface area (Å²) in [6, 6.07) is 5.11. The Balaban J connectivity index is 2.33. The maximum atomic E-state index is 10.4. The molecule has 1 aliphatic heterocycles. The summed E-state index contributed by atoms with van der Waals surface area (Å²) in [5.41, 5.74) is 0.851. The number of ether oxygens (including phenoxy) is 2. The molecule has 1 atom stereocenters. The third-order valence-corrected chi connectivity index (χ3v) is 2.21. The van der Waals surface area contributed by atoms with E-state index in [4.69, 9.17) is 9.47 Å². The van der Waals surface area contributed by atoms with E-state index in [-0.39, 0.29) is 6.04 Å². The maximum absolute atomic E-state index is 10.4. The first-order valence-corrected chi connectivity index (χ1v) is 4.53. The summed E-state index contributed by atoms with van der Waals surface area (Å²) in [7, 11) is 0. The molecule has 4 nitrogen and oxygen atoms in total. The fourth-order valence-electron chi connectivity index (χ4n) is 1.38. The Kier molecular flexibility index (Phi) is 2.35. The minimum atomic E-state index is -0.342. The van der Waals surface area contributed by atoms with Crippen LogP contribution in [0.4, 0.5) is 0 Å². The van der Waals surface area contributed by atoms with Crippen molar-refractivity contribution >= 4 is 0 Å². The number of fused-ring (bicyclic) bond motifs is 1. The van der Waals surface area contributed by atoms with Crippen molar-refractivity contribution in [2.75, 3.05) is 13.2 Å². The van der Waals surface area contributed by atoms with E-state index in [0.717, 1.165) is 11.3 Å². The summed E-state index contributed by atoms with van der Waals surface area (Å²) in [5, 5.41) is 2.96. The van der Waals surface area contributed by atoms with E-state index in [2.05, 4.69) is 5.18 Å². The first-order chi connectivity index (χ1) is 6.81. The van der Waals surface area contributed by atoms with E-state index in [1.807, 2.05) is 12.1 Å². The van der Waals surface area contributed by atoms with Crippen LogP contribution in [0, 0.1) is 4.91 Å². The van der Waals surface area contributed by atoms with Gasteiger partial charge >= 0.3 is 0 Å². The van der Waals surface area contributed by atoms with Crippen molar-refractivity contribution in [3.63, 3.8) is 0 Å². The first-order valence-electron chi connectivity index (χ1n) is 4.53. The van der Waals surface area contributed by atoms with Crippen LogP contribution >= 0.6 is 0 Å². The lowest BCUT2D eigenvalue weighted by Gasteiger charge is -2.19. The van der Waals surface area contributed by atoms with Crippen molar-refractivity contribution in [2.45, 2.75) is 13.0 Å². The van der Waals surface area contributed by atoms with Gasteiger partial charge in [-0.05, 0) is 24.6 Å². The normalized spacial score (nSPS) is 16.1. The maximum Gasteiger partial charge on any atom is 0.161 e. The van der Waals surface area contributed by atoms with Crippen LogP contribution in [0.25, 0.3) is 0 Å². The third-order valence-electron chi connectivity index (χ3n) is 2.21. The molecule has 0 radical (unpaired) electrons. The van der Waals surface area contributed by atoms with E-state index in [0.29, 0.717) is 19.0 Å². The molecule has 0 fully saturated rings. The second-order valence-electron chi connectivity index (χ2n) is 3.18. The van der Waals surface area contributed by atoms with Crippen molar-refractivity contribution in [2.24, 2.45) is 5.18 Å². The van der Waals surface area contributed by atoms with E-state index < -0.39 is 0 Å². The molecule has 0 spiro atoms. The SMILES string of the molecule is CC(N=O)c1ccc2c(c1)OCCO2. The molecule has 1 unspecified atom stereocenters. The van der Waals surface area contributed by atoms with Crippen LogP contribution in [0.15, 0.2) is 23.4 Å². The molecule has 2 rings (SSSR count). The van der Waals surface area contributed by atoms with Gasteiger partial charge in [0.05, 0.1) is 0 Å². The van der Waals surface area contributed by atoms with Crippen LogP contribution < -0.4 is 9.47 Å². The van der Waals surface area contributed by atoms with Gasteiger partial charge in [0.1, 0.15) is 19.3 Å². The summed E-state index contributed by atoms with van der Waals surface area (Å²) in [6.07, 6.45) is 0. The topological polar surface area (TPSA) is 47.9 Å². The van der Waals surface area contributed by atoms with Gasteiger partial charge in [0.25, 0.3) is 0 Å². The summed E-state index contributed by atoms with van der Waals surface area (Å²) < 4.78 is 10.7. The summed E-state index contributed by atoms with van der Waals surface area (Å²) >= 11 is 0. The molecule has 0 amide bonds. The Bertz CT molecular complexity index is 351. The molecule has 0 bridgehead atoms. The monoisotopic (exact) mass is 193 g/mol. The van der Waals surface area contributed by atoms with E-state index in [9.17, 15) is 4.91 Å². The average Bonchev–Trinajstić information content (AvgIpc) is 2.27. The highest BCUT2D eigenvalue weighted by Gasteiger charge is 2.14. The average molecular weight is 193 g/mol. The number of nitrogens with zero attached hydrogens (tertiary/aromatic N) is 1. The Labute approximate surface area is 81.8 Å². The van der Waals surface area contributed by atoms with Crippen LogP contribution in [0.2, 0.25) is 0 Å². The van der Waals surface area contributed by atoms with Gasteiger partial charge in [-0.3, -0.25) is 0 Å². The standard InChI is InChI=1S/C10H11NO3/c1-7(11-12)8-2-3-9-10(6-8)14-5-4-13-9/h2-3,6-7H,4-5H2,1H3. The van der Waals surface area contributed by atoms with Gasteiger partial charge in [-0.1, -0.05) is 11.2 Å². The van der Waals surface area contributed by atoms with E-state index >= 15 is 0 Å². The molecule has 0 aromatic heterocycles. The highest BCUT2D eigenvalue weighted by Crippen LogP contribution is 2.33. The smallest absolute Gasteiger partial charge is 0.161 e. The van der Waals surface area contributed by atoms with E-state index in [1.165, 1.54) is 0 Å². The molecular formula is C10H11NO3. The highest BCUT2D eigenvalue weighted by molar-refractivity contribution is 5.44. The lowest BCUT2D eigenvalue weighted by atomic mass is 10.1. The lowest BCUT2D eigenvalue weighted by molar-refractivity contribution is 0.171. The van der Waals surface area contributed by atoms with Crippen molar-refractivity contribution in [1.82, 2.24) is 0 Å².